The van der Waals surface area contributed by atoms with Gasteiger partial charge in [-0.2, -0.15) is 0 Å². The second-order valence-electron chi connectivity index (χ2n) is 4.83. The third-order valence-electron chi connectivity index (χ3n) is 2.52. The minimum absolute atomic E-state index is 0.0444. The minimum atomic E-state index is -3.73. The second-order valence-corrected chi connectivity index (χ2v) is 6.92. The molecule has 20 heavy (non-hydrogen) atoms. The lowest BCUT2D eigenvalue weighted by Crippen LogP contribution is -2.30. The highest BCUT2D eigenvalue weighted by Crippen LogP contribution is 2.24. The lowest BCUT2D eigenvalue weighted by atomic mass is 10.2. The maximum Gasteiger partial charge on any atom is 0.240 e. The number of rotatable bonds is 7. The molecule has 0 atom stereocenters. The summed E-state index contributed by atoms with van der Waals surface area (Å²) in [6, 6.07) is 2.08. The largest absolute Gasteiger partial charge is 0.313 e. The first-order valence-corrected chi connectivity index (χ1v) is 8.35. The summed E-state index contributed by atoms with van der Waals surface area (Å²) in [7, 11) is -3.73. The molecule has 7 heteroatoms. The summed E-state index contributed by atoms with van der Waals surface area (Å²) < 4.78 is 40.3. The predicted molar refractivity (Wildman–Crippen MR) is 78.9 cm³/mol. The van der Waals surface area contributed by atoms with Crippen molar-refractivity contribution in [3.05, 3.63) is 28.5 Å². The fraction of sp³-hybridized carbons (Fsp3) is 0.538. The van der Waals surface area contributed by atoms with Crippen LogP contribution < -0.4 is 10.0 Å². The SMILES string of the molecule is CCCNCc1cc(S(=O)(=O)NC(C)C)cc(F)c1Cl. The first-order valence-electron chi connectivity index (χ1n) is 6.49. The number of hydrogen-bond donors (Lipinski definition) is 2. The summed E-state index contributed by atoms with van der Waals surface area (Å²) in [5.74, 6) is -0.730. The third kappa shape index (κ3) is 4.70. The number of sulfonamides is 1. The molecule has 1 aromatic rings. The fourth-order valence-electron chi connectivity index (χ4n) is 1.68. The molecule has 2 N–H and O–H groups in total. The highest BCUT2D eigenvalue weighted by Gasteiger charge is 2.19. The summed E-state index contributed by atoms with van der Waals surface area (Å²) in [5.41, 5.74) is 0.434. The van der Waals surface area contributed by atoms with Gasteiger partial charge in [0.05, 0.1) is 9.92 Å². The van der Waals surface area contributed by atoms with Crippen LogP contribution >= 0.6 is 11.6 Å². The molecule has 0 spiro atoms. The van der Waals surface area contributed by atoms with Crippen molar-refractivity contribution in [1.82, 2.24) is 10.0 Å². The van der Waals surface area contributed by atoms with Crippen LogP contribution in [0, 0.1) is 5.82 Å². The molecule has 0 unspecified atom stereocenters. The van der Waals surface area contributed by atoms with Gasteiger partial charge in [0, 0.05) is 12.6 Å². The van der Waals surface area contributed by atoms with Crippen molar-refractivity contribution >= 4 is 21.6 Å². The van der Waals surface area contributed by atoms with E-state index in [9.17, 15) is 12.8 Å². The van der Waals surface area contributed by atoms with Crippen molar-refractivity contribution in [2.75, 3.05) is 6.54 Å². The number of halogens is 2. The minimum Gasteiger partial charge on any atom is -0.313 e. The van der Waals surface area contributed by atoms with E-state index in [4.69, 9.17) is 11.6 Å². The average Bonchev–Trinajstić information content (AvgIpc) is 2.32. The standard InChI is InChI=1S/C13H20ClFN2O2S/c1-4-5-16-8-10-6-11(7-12(15)13(10)14)20(18,19)17-9(2)3/h6-7,9,16-17H,4-5,8H2,1-3H3. The number of hydrogen-bond acceptors (Lipinski definition) is 3. The Morgan fingerprint density at radius 1 is 1.35 bits per heavy atom. The van der Waals surface area contributed by atoms with Gasteiger partial charge < -0.3 is 5.32 Å². The zero-order valence-corrected chi connectivity index (χ0v) is 13.4. The van der Waals surface area contributed by atoms with E-state index in [1.807, 2.05) is 6.92 Å². The van der Waals surface area contributed by atoms with Crippen LogP contribution in [0.1, 0.15) is 32.8 Å². The van der Waals surface area contributed by atoms with Gasteiger partial charge in [-0.25, -0.2) is 17.5 Å². The smallest absolute Gasteiger partial charge is 0.240 e. The van der Waals surface area contributed by atoms with Gasteiger partial charge in [0.2, 0.25) is 10.0 Å². The first-order chi connectivity index (χ1) is 9.27. The molecule has 0 aromatic heterocycles. The van der Waals surface area contributed by atoms with E-state index in [0.717, 1.165) is 19.0 Å². The van der Waals surface area contributed by atoms with E-state index in [2.05, 4.69) is 10.0 Å². The normalized spacial score (nSPS) is 12.1. The molecule has 0 aliphatic rings. The summed E-state index contributed by atoms with van der Waals surface area (Å²) in [6.45, 7) is 6.48. The lowest BCUT2D eigenvalue weighted by Gasteiger charge is -2.13. The third-order valence-corrected chi connectivity index (χ3v) is 4.58. The van der Waals surface area contributed by atoms with Gasteiger partial charge in [-0.1, -0.05) is 18.5 Å². The van der Waals surface area contributed by atoms with Crippen LogP contribution in [-0.2, 0) is 16.6 Å². The van der Waals surface area contributed by atoms with Crippen LogP contribution in [0.5, 0.6) is 0 Å². The maximum absolute atomic E-state index is 13.8. The van der Waals surface area contributed by atoms with Gasteiger partial charge in [-0.05, 0) is 44.5 Å². The van der Waals surface area contributed by atoms with Crippen LogP contribution in [0.2, 0.25) is 5.02 Å². The highest BCUT2D eigenvalue weighted by molar-refractivity contribution is 7.89. The molecule has 4 nitrogen and oxygen atoms in total. The molecule has 1 aromatic carbocycles. The van der Waals surface area contributed by atoms with Crippen LogP contribution in [0.15, 0.2) is 17.0 Å². The van der Waals surface area contributed by atoms with Crippen molar-refractivity contribution in [1.29, 1.82) is 0 Å². The van der Waals surface area contributed by atoms with E-state index in [1.54, 1.807) is 13.8 Å². The first kappa shape index (κ1) is 17.4. The molecule has 0 aliphatic heterocycles. The molecule has 114 valence electrons. The van der Waals surface area contributed by atoms with Gasteiger partial charge in [0.15, 0.2) is 0 Å². The Morgan fingerprint density at radius 2 is 2.00 bits per heavy atom. The monoisotopic (exact) mass is 322 g/mol. The number of nitrogens with one attached hydrogen (secondary N) is 2. The van der Waals surface area contributed by atoms with Gasteiger partial charge in [-0.3, -0.25) is 0 Å². The molecule has 0 saturated carbocycles. The van der Waals surface area contributed by atoms with Crippen molar-refractivity contribution in [3.8, 4) is 0 Å². The van der Waals surface area contributed by atoms with Gasteiger partial charge in [0.1, 0.15) is 5.82 Å². The zero-order valence-electron chi connectivity index (χ0n) is 11.8. The Bertz CT molecular complexity index is 562. The van der Waals surface area contributed by atoms with Crippen LogP contribution in [0.4, 0.5) is 4.39 Å². The summed E-state index contributed by atoms with van der Waals surface area (Å²) in [4.78, 5) is -0.110. The van der Waals surface area contributed by atoms with Gasteiger partial charge in [0.25, 0.3) is 0 Å². The molecular formula is C13H20ClFN2O2S. The van der Waals surface area contributed by atoms with Gasteiger partial charge >= 0.3 is 0 Å². The topological polar surface area (TPSA) is 58.2 Å². The molecule has 0 amide bonds. The van der Waals surface area contributed by atoms with E-state index in [1.165, 1.54) is 6.07 Å². The molecule has 0 radical (unpaired) electrons. The van der Waals surface area contributed by atoms with E-state index in [0.29, 0.717) is 12.1 Å². The predicted octanol–water partition coefficient (Wildman–Crippen LogP) is 2.67. The lowest BCUT2D eigenvalue weighted by molar-refractivity contribution is 0.565. The molecule has 1 rings (SSSR count). The quantitative estimate of drug-likeness (QED) is 0.759. The Balaban J connectivity index is 3.10. The summed E-state index contributed by atoms with van der Waals surface area (Å²) >= 11 is 5.87. The van der Waals surface area contributed by atoms with Crippen molar-refractivity contribution in [2.24, 2.45) is 0 Å². The highest BCUT2D eigenvalue weighted by atomic mass is 35.5. The second kappa shape index (κ2) is 7.36. The Kier molecular flexibility index (Phi) is 6.39. The summed E-state index contributed by atoms with van der Waals surface area (Å²) in [5, 5.41) is 3.03. The zero-order chi connectivity index (χ0) is 15.3. The number of benzene rings is 1. The Labute approximate surface area is 124 Å². The summed E-state index contributed by atoms with van der Waals surface area (Å²) in [6.07, 6.45) is 0.924. The van der Waals surface area contributed by atoms with E-state index >= 15 is 0 Å². The van der Waals surface area contributed by atoms with Crippen LogP contribution in [0.3, 0.4) is 0 Å². The van der Waals surface area contributed by atoms with Crippen molar-refractivity contribution in [3.63, 3.8) is 0 Å². The molecule has 0 aliphatic carbocycles. The molecule has 0 fully saturated rings. The molecule has 0 bridgehead atoms. The molecule has 0 saturated heterocycles. The van der Waals surface area contributed by atoms with E-state index < -0.39 is 15.8 Å². The Hall–Kier alpha value is -0.690. The van der Waals surface area contributed by atoms with Crippen LogP contribution in [0.25, 0.3) is 0 Å². The maximum atomic E-state index is 13.8. The van der Waals surface area contributed by atoms with Crippen LogP contribution in [-0.4, -0.2) is 21.0 Å². The van der Waals surface area contributed by atoms with Gasteiger partial charge in [-0.15, -0.1) is 0 Å². The van der Waals surface area contributed by atoms with Crippen molar-refractivity contribution in [2.45, 2.75) is 44.7 Å². The van der Waals surface area contributed by atoms with Crippen molar-refractivity contribution < 1.29 is 12.8 Å². The average molecular weight is 323 g/mol. The Morgan fingerprint density at radius 3 is 2.55 bits per heavy atom. The fourth-order valence-corrected chi connectivity index (χ4v) is 3.17. The molecule has 0 heterocycles. The molecular weight excluding hydrogens is 303 g/mol. The van der Waals surface area contributed by atoms with E-state index in [-0.39, 0.29) is 16.0 Å².